The molecule has 0 spiro atoms. The number of aldehydes is 1. The minimum atomic E-state index is -0.390. The molecule has 11 heavy (non-hydrogen) atoms. The Morgan fingerprint density at radius 1 is 1.64 bits per heavy atom. The van der Waals surface area contributed by atoms with Crippen LogP contribution in [0.2, 0.25) is 0 Å². The van der Waals surface area contributed by atoms with E-state index in [4.69, 9.17) is 5.73 Å². The standard InChI is InChI=1S/C6H11NO2S2/c1-5(9)6(7)4-11-10-3-2-8/h2,6H,3-4,7H2,1H3. The zero-order valence-corrected chi connectivity index (χ0v) is 7.91. The molecule has 0 bridgehead atoms. The molecule has 5 heteroatoms. The Labute approximate surface area is 73.9 Å². The quantitative estimate of drug-likeness (QED) is 0.378. The van der Waals surface area contributed by atoms with Crippen molar-refractivity contribution in [3.05, 3.63) is 0 Å². The summed E-state index contributed by atoms with van der Waals surface area (Å²) in [6.07, 6.45) is 0.830. The van der Waals surface area contributed by atoms with E-state index in [2.05, 4.69) is 0 Å². The molecule has 2 N–H and O–H groups in total. The highest BCUT2D eigenvalue weighted by molar-refractivity contribution is 8.76. The molecule has 1 atom stereocenters. The van der Waals surface area contributed by atoms with Gasteiger partial charge < -0.3 is 10.5 Å². The fourth-order valence-corrected chi connectivity index (χ4v) is 2.13. The van der Waals surface area contributed by atoms with Crippen molar-refractivity contribution in [2.75, 3.05) is 11.5 Å². The second-order valence-corrected chi connectivity index (χ2v) is 4.51. The van der Waals surface area contributed by atoms with E-state index < -0.39 is 0 Å². The summed E-state index contributed by atoms with van der Waals surface area (Å²) in [5.41, 5.74) is 5.43. The number of carbonyl (C=O) groups excluding carboxylic acids is 2. The molecule has 64 valence electrons. The Kier molecular flexibility index (Phi) is 6.69. The molecule has 0 aromatic carbocycles. The third-order valence-corrected chi connectivity index (χ3v) is 3.24. The number of ketones is 1. The molecule has 3 nitrogen and oxygen atoms in total. The fourth-order valence-electron chi connectivity index (χ4n) is 0.315. The van der Waals surface area contributed by atoms with Crippen LogP contribution in [0.15, 0.2) is 0 Å². The molecule has 0 aliphatic carbocycles. The van der Waals surface area contributed by atoms with E-state index in [0.29, 0.717) is 11.5 Å². The van der Waals surface area contributed by atoms with Gasteiger partial charge in [-0.25, -0.2) is 0 Å². The van der Waals surface area contributed by atoms with Crippen molar-refractivity contribution in [2.24, 2.45) is 5.73 Å². The van der Waals surface area contributed by atoms with Crippen molar-refractivity contribution in [1.29, 1.82) is 0 Å². The number of rotatable bonds is 6. The smallest absolute Gasteiger partial charge is 0.147 e. The van der Waals surface area contributed by atoms with E-state index in [0.717, 1.165) is 6.29 Å². The van der Waals surface area contributed by atoms with E-state index >= 15 is 0 Å². The van der Waals surface area contributed by atoms with E-state index in [-0.39, 0.29) is 11.8 Å². The summed E-state index contributed by atoms with van der Waals surface area (Å²) in [6, 6.07) is -0.390. The Morgan fingerprint density at radius 2 is 2.27 bits per heavy atom. The first-order valence-electron chi connectivity index (χ1n) is 3.12. The summed E-state index contributed by atoms with van der Waals surface area (Å²) >= 11 is 0. The Balaban J connectivity index is 3.24. The number of carbonyl (C=O) groups is 2. The molecular weight excluding hydrogens is 182 g/mol. The highest BCUT2D eigenvalue weighted by Gasteiger charge is 2.06. The van der Waals surface area contributed by atoms with Gasteiger partial charge in [0.1, 0.15) is 12.1 Å². The predicted molar refractivity (Wildman–Crippen MR) is 49.6 cm³/mol. The van der Waals surface area contributed by atoms with Crippen LogP contribution in [0.25, 0.3) is 0 Å². The molecule has 0 fully saturated rings. The van der Waals surface area contributed by atoms with Gasteiger partial charge in [-0.3, -0.25) is 4.79 Å². The lowest BCUT2D eigenvalue weighted by Gasteiger charge is -2.04. The van der Waals surface area contributed by atoms with Gasteiger partial charge in [0.05, 0.1) is 11.8 Å². The molecule has 0 aliphatic rings. The molecule has 0 aromatic heterocycles. The monoisotopic (exact) mass is 193 g/mol. The average Bonchev–Trinajstić information content (AvgIpc) is 1.97. The maximum Gasteiger partial charge on any atom is 0.147 e. The van der Waals surface area contributed by atoms with Crippen LogP contribution in [-0.4, -0.2) is 29.6 Å². The van der Waals surface area contributed by atoms with Crippen LogP contribution in [0, 0.1) is 0 Å². The molecule has 0 heterocycles. The number of Topliss-reactive ketones (excluding diaryl/α,β-unsaturated/α-hetero) is 1. The lowest BCUT2D eigenvalue weighted by atomic mass is 10.3. The van der Waals surface area contributed by atoms with Gasteiger partial charge in [-0.2, -0.15) is 0 Å². The van der Waals surface area contributed by atoms with Crippen LogP contribution in [0.5, 0.6) is 0 Å². The molecule has 0 aromatic rings. The molecule has 0 radical (unpaired) electrons. The Hall–Kier alpha value is -0.0000000000000000555. The Morgan fingerprint density at radius 3 is 2.73 bits per heavy atom. The van der Waals surface area contributed by atoms with Crippen LogP contribution >= 0.6 is 21.6 Å². The molecule has 0 saturated carbocycles. The molecular formula is C6H11NO2S2. The lowest BCUT2D eigenvalue weighted by Crippen LogP contribution is -2.30. The number of nitrogens with two attached hydrogens (primary N) is 1. The highest BCUT2D eigenvalue weighted by atomic mass is 33.1. The molecule has 0 aliphatic heterocycles. The maximum absolute atomic E-state index is 10.6. The number of hydrogen-bond donors (Lipinski definition) is 1. The lowest BCUT2D eigenvalue weighted by molar-refractivity contribution is -0.117. The van der Waals surface area contributed by atoms with Gasteiger partial charge in [0.2, 0.25) is 0 Å². The van der Waals surface area contributed by atoms with Crippen LogP contribution in [0.4, 0.5) is 0 Å². The molecule has 0 saturated heterocycles. The number of hydrogen-bond acceptors (Lipinski definition) is 5. The molecule has 1 unspecified atom stereocenters. The van der Waals surface area contributed by atoms with Crippen molar-refractivity contribution in [2.45, 2.75) is 13.0 Å². The minimum absolute atomic E-state index is 0.01000. The maximum atomic E-state index is 10.6. The Bertz CT molecular complexity index is 141. The predicted octanol–water partition coefficient (Wildman–Crippen LogP) is 0.483. The SMILES string of the molecule is CC(=O)C(N)CSSCC=O. The van der Waals surface area contributed by atoms with E-state index in [1.165, 1.54) is 28.5 Å². The van der Waals surface area contributed by atoms with Crippen molar-refractivity contribution < 1.29 is 9.59 Å². The van der Waals surface area contributed by atoms with Gasteiger partial charge in [0.25, 0.3) is 0 Å². The zero-order valence-electron chi connectivity index (χ0n) is 6.28. The average molecular weight is 193 g/mol. The van der Waals surface area contributed by atoms with Gasteiger partial charge in [0, 0.05) is 5.75 Å². The summed E-state index contributed by atoms with van der Waals surface area (Å²) in [6.45, 7) is 1.47. The normalized spacial score (nSPS) is 12.5. The highest BCUT2D eigenvalue weighted by Crippen LogP contribution is 2.20. The molecule has 0 rings (SSSR count). The summed E-state index contributed by atoms with van der Waals surface area (Å²) < 4.78 is 0. The molecule has 0 amide bonds. The van der Waals surface area contributed by atoms with Crippen molar-refractivity contribution in [3.63, 3.8) is 0 Å². The third-order valence-electron chi connectivity index (χ3n) is 0.989. The first kappa shape index (κ1) is 11.0. The van der Waals surface area contributed by atoms with Crippen LogP contribution in [0.1, 0.15) is 6.92 Å². The van der Waals surface area contributed by atoms with Crippen LogP contribution < -0.4 is 5.73 Å². The van der Waals surface area contributed by atoms with E-state index in [1.54, 1.807) is 0 Å². The van der Waals surface area contributed by atoms with Crippen molar-refractivity contribution >= 4 is 33.7 Å². The first-order chi connectivity index (χ1) is 5.18. The van der Waals surface area contributed by atoms with Gasteiger partial charge in [-0.15, -0.1) is 0 Å². The van der Waals surface area contributed by atoms with Crippen LogP contribution in [0.3, 0.4) is 0 Å². The summed E-state index contributed by atoms with van der Waals surface area (Å²) in [5.74, 6) is 1.02. The summed E-state index contributed by atoms with van der Waals surface area (Å²) in [4.78, 5) is 20.4. The van der Waals surface area contributed by atoms with Crippen molar-refractivity contribution in [1.82, 2.24) is 0 Å². The first-order valence-corrected chi connectivity index (χ1v) is 5.61. The van der Waals surface area contributed by atoms with E-state index in [9.17, 15) is 9.59 Å². The topological polar surface area (TPSA) is 60.2 Å². The summed E-state index contributed by atoms with van der Waals surface area (Å²) in [5, 5.41) is 0. The zero-order chi connectivity index (χ0) is 8.69. The van der Waals surface area contributed by atoms with Crippen molar-refractivity contribution in [3.8, 4) is 0 Å². The van der Waals surface area contributed by atoms with Gasteiger partial charge in [0.15, 0.2) is 0 Å². The third kappa shape index (κ3) is 6.40. The minimum Gasteiger partial charge on any atom is -0.321 e. The second-order valence-electron chi connectivity index (χ2n) is 1.95. The van der Waals surface area contributed by atoms with Gasteiger partial charge >= 0.3 is 0 Å². The summed E-state index contributed by atoms with van der Waals surface area (Å²) in [7, 11) is 2.87. The largest absolute Gasteiger partial charge is 0.321 e. The fraction of sp³-hybridized carbons (Fsp3) is 0.667. The second kappa shape index (κ2) is 6.69. The van der Waals surface area contributed by atoms with E-state index in [1.807, 2.05) is 0 Å². The van der Waals surface area contributed by atoms with Gasteiger partial charge in [-0.1, -0.05) is 21.6 Å². The van der Waals surface area contributed by atoms with Crippen LogP contribution in [-0.2, 0) is 9.59 Å². The van der Waals surface area contributed by atoms with Gasteiger partial charge in [-0.05, 0) is 6.92 Å².